The number of fused-ring (bicyclic) bond motifs is 3. The first-order valence-electron chi connectivity index (χ1n) is 9.95. The van der Waals surface area contributed by atoms with Gasteiger partial charge in [0.2, 0.25) is 0 Å². The Kier molecular flexibility index (Phi) is 4.41. The van der Waals surface area contributed by atoms with Gasteiger partial charge in [0.05, 0.1) is 5.39 Å². The normalized spacial score (nSPS) is 13.8. The highest BCUT2D eigenvalue weighted by molar-refractivity contribution is 7.18. The largest absolute Gasteiger partial charge is 0.317 e. The zero-order valence-electron chi connectivity index (χ0n) is 16.7. The summed E-state index contributed by atoms with van der Waals surface area (Å²) in [7, 11) is 0. The molecule has 0 radical (unpaired) electrons. The number of H-pyrrole nitrogens is 1. The third kappa shape index (κ3) is 2.87. The number of hydrogen-bond donors (Lipinski definition) is 1. The van der Waals surface area contributed by atoms with E-state index in [1.807, 2.05) is 19.1 Å². The molecule has 1 aromatic carbocycles. The van der Waals surface area contributed by atoms with E-state index in [0.717, 1.165) is 62.7 Å². The van der Waals surface area contributed by atoms with Gasteiger partial charge in [0.25, 0.3) is 5.56 Å². The highest BCUT2D eigenvalue weighted by Crippen LogP contribution is 2.35. The van der Waals surface area contributed by atoms with Gasteiger partial charge < -0.3 is 9.55 Å². The number of hydrogen-bond acceptors (Lipinski definition) is 3. The molecule has 0 atom stereocenters. The van der Waals surface area contributed by atoms with E-state index in [1.54, 1.807) is 11.3 Å². The first-order valence-corrected chi connectivity index (χ1v) is 11.1. The van der Waals surface area contributed by atoms with Crippen LogP contribution in [-0.2, 0) is 12.8 Å². The Bertz CT molecular complexity index is 1330. The van der Waals surface area contributed by atoms with Gasteiger partial charge in [0.1, 0.15) is 10.7 Å². The monoisotopic (exact) mass is 423 g/mol. The van der Waals surface area contributed by atoms with Gasteiger partial charge in [-0.2, -0.15) is 0 Å². The Hall–Kier alpha value is -2.37. The second-order valence-electron chi connectivity index (χ2n) is 7.81. The van der Waals surface area contributed by atoms with Gasteiger partial charge in [-0.15, -0.1) is 11.3 Å². The van der Waals surface area contributed by atoms with Crippen molar-refractivity contribution >= 4 is 33.2 Å². The number of aryl methyl sites for hydroxylation is 3. The average Bonchev–Trinajstić information content (AvgIpc) is 3.21. The van der Waals surface area contributed by atoms with E-state index in [2.05, 4.69) is 35.5 Å². The fourth-order valence-electron chi connectivity index (χ4n) is 4.50. The Morgan fingerprint density at radius 1 is 1.17 bits per heavy atom. The lowest BCUT2D eigenvalue weighted by molar-refractivity contribution is 0.700. The molecule has 0 unspecified atom stereocenters. The minimum atomic E-state index is -0.0202. The molecule has 1 aliphatic rings. The molecule has 0 saturated carbocycles. The van der Waals surface area contributed by atoms with Crippen LogP contribution in [0, 0.1) is 20.8 Å². The van der Waals surface area contributed by atoms with Crippen LogP contribution in [0.2, 0.25) is 5.02 Å². The van der Waals surface area contributed by atoms with Crippen LogP contribution in [0.1, 0.15) is 40.2 Å². The Balaban J connectivity index is 1.70. The molecule has 4 aromatic rings. The molecule has 0 spiro atoms. The molecule has 4 nitrogen and oxygen atoms in total. The maximum atomic E-state index is 13.0. The van der Waals surface area contributed by atoms with Crippen LogP contribution in [0.15, 0.2) is 29.1 Å². The molecule has 0 amide bonds. The van der Waals surface area contributed by atoms with Crippen molar-refractivity contribution in [2.75, 3.05) is 0 Å². The van der Waals surface area contributed by atoms with Gasteiger partial charge in [-0.1, -0.05) is 17.7 Å². The van der Waals surface area contributed by atoms with Crippen LogP contribution >= 0.6 is 22.9 Å². The summed E-state index contributed by atoms with van der Waals surface area (Å²) in [6.45, 7) is 6.15. The molecule has 0 fully saturated rings. The van der Waals surface area contributed by atoms with Gasteiger partial charge in [0, 0.05) is 32.5 Å². The van der Waals surface area contributed by atoms with Crippen LogP contribution in [-0.4, -0.2) is 14.5 Å². The van der Waals surface area contributed by atoms with E-state index in [4.69, 9.17) is 16.6 Å². The predicted molar refractivity (Wildman–Crippen MR) is 121 cm³/mol. The smallest absolute Gasteiger partial charge is 0.260 e. The zero-order valence-corrected chi connectivity index (χ0v) is 18.3. The third-order valence-corrected chi connectivity index (χ3v) is 7.59. The summed E-state index contributed by atoms with van der Waals surface area (Å²) in [5, 5.41) is 1.54. The molecule has 1 N–H and O–H groups in total. The SMILES string of the molecule is Cc1c(Cl)cccc1-n1c(C)cc(-c2nc3sc4c(c3c(=O)[nH]2)CCCC4)c1C. The lowest BCUT2D eigenvalue weighted by Crippen LogP contribution is -2.11. The van der Waals surface area contributed by atoms with E-state index < -0.39 is 0 Å². The maximum Gasteiger partial charge on any atom is 0.260 e. The van der Waals surface area contributed by atoms with Crippen LogP contribution < -0.4 is 5.56 Å². The molecule has 3 heterocycles. The van der Waals surface area contributed by atoms with Gasteiger partial charge in [-0.05, 0) is 75.8 Å². The topological polar surface area (TPSA) is 50.7 Å². The van der Waals surface area contributed by atoms with Crippen LogP contribution in [0.4, 0.5) is 0 Å². The summed E-state index contributed by atoms with van der Waals surface area (Å²) in [6.07, 6.45) is 4.40. The van der Waals surface area contributed by atoms with Crippen molar-refractivity contribution in [3.8, 4) is 17.1 Å². The molecule has 3 aromatic heterocycles. The Morgan fingerprint density at radius 2 is 1.97 bits per heavy atom. The first-order chi connectivity index (χ1) is 14.0. The summed E-state index contributed by atoms with van der Waals surface area (Å²) in [6, 6.07) is 8.03. The van der Waals surface area contributed by atoms with Gasteiger partial charge in [-0.25, -0.2) is 4.98 Å². The minimum Gasteiger partial charge on any atom is -0.317 e. The second-order valence-corrected chi connectivity index (χ2v) is 9.30. The highest BCUT2D eigenvalue weighted by Gasteiger charge is 2.22. The van der Waals surface area contributed by atoms with E-state index in [1.165, 1.54) is 16.9 Å². The Morgan fingerprint density at radius 3 is 2.79 bits per heavy atom. The number of rotatable bonds is 2. The molecule has 0 aliphatic heterocycles. The molecule has 5 rings (SSSR count). The number of aromatic nitrogens is 3. The van der Waals surface area contributed by atoms with E-state index in [9.17, 15) is 4.79 Å². The van der Waals surface area contributed by atoms with E-state index >= 15 is 0 Å². The van der Waals surface area contributed by atoms with E-state index in [-0.39, 0.29) is 5.56 Å². The summed E-state index contributed by atoms with van der Waals surface area (Å²) >= 11 is 8.04. The number of nitrogens with zero attached hydrogens (tertiary/aromatic N) is 2. The third-order valence-electron chi connectivity index (χ3n) is 5.99. The number of benzene rings is 1. The van der Waals surface area contributed by atoms with Crippen molar-refractivity contribution in [1.82, 2.24) is 14.5 Å². The summed E-state index contributed by atoms with van der Waals surface area (Å²) in [5.41, 5.74) is 6.35. The molecule has 29 heavy (non-hydrogen) atoms. The van der Waals surface area contributed by atoms with Crippen molar-refractivity contribution in [3.63, 3.8) is 0 Å². The van der Waals surface area contributed by atoms with Crippen molar-refractivity contribution in [2.24, 2.45) is 0 Å². The minimum absolute atomic E-state index is 0.0202. The standard InChI is InChI=1S/C23H22ClN3OS/c1-12-11-16(14(3)27(12)18-9-6-8-17(24)13(18)2)21-25-22(28)20-15-7-4-5-10-19(15)29-23(20)26-21/h6,8-9,11H,4-5,7,10H2,1-3H3,(H,25,26,28). The fourth-order valence-corrected chi connectivity index (χ4v) is 5.93. The Labute approximate surface area is 178 Å². The summed E-state index contributed by atoms with van der Waals surface area (Å²) < 4.78 is 2.18. The van der Waals surface area contributed by atoms with Crippen molar-refractivity contribution in [1.29, 1.82) is 0 Å². The quantitative estimate of drug-likeness (QED) is 0.436. The van der Waals surface area contributed by atoms with Crippen LogP contribution in [0.3, 0.4) is 0 Å². The van der Waals surface area contributed by atoms with Crippen molar-refractivity contribution in [3.05, 3.63) is 67.0 Å². The number of aromatic amines is 1. The molecular weight excluding hydrogens is 402 g/mol. The van der Waals surface area contributed by atoms with Crippen LogP contribution in [0.5, 0.6) is 0 Å². The second kappa shape index (κ2) is 6.85. The molecule has 148 valence electrons. The number of thiophene rings is 1. The molecule has 0 saturated heterocycles. The maximum absolute atomic E-state index is 13.0. The first kappa shape index (κ1) is 18.6. The molecule has 0 bridgehead atoms. The highest BCUT2D eigenvalue weighted by atomic mass is 35.5. The fraction of sp³-hybridized carbons (Fsp3) is 0.304. The molecule has 1 aliphatic carbocycles. The van der Waals surface area contributed by atoms with Gasteiger partial charge >= 0.3 is 0 Å². The van der Waals surface area contributed by atoms with Crippen molar-refractivity contribution in [2.45, 2.75) is 46.5 Å². The van der Waals surface area contributed by atoms with Gasteiger partial charge in [0.15, 0.2) is 0 Å². The van der Waals surface area contributed by atoms with E-state index in [0.29, 0.717) is 5.82 Å². The summed E-state index contributed by atoms with van der Waals surface area (Å²) in [4.78, 5) is 23.1. The van der Waals surface area contributed by atoms with Crippen LogP contribution in [0.25, 0.3) is 27.3 Å². The van der Waals surface area contributed by atoms with Gasteiger partial charge in [-0.3, -0.25) is 4.79 Å². The van der Waals surface area contributed by atoms with Crippen molar-refractivity contribution < 1.29 is 0 Å². The number of halogens is 1. The zero-order chi connectivity index (χ0) is 20.3. The lowest BCUT2D eigenvalue weighted by Gasteiger charge is -2.14. The molecular formula is C23H22ClN3OS. The number of nitrogens with one attached hydrogen (secondary N) is 1. The lowest BCUT2D eigenvalue weighted by atomic mass is 9.97. The summed E-state index contributed by atoms with van der Waals surface area (Å²) in [5.74, 6) is 0.639. The molecule has 6 heteroatoms. The predicted octanol–water partition coefficient (Wildman–Crippen LogP) is 5.90. The average molecular weight is 424 g/mol.